The molecule has 1 aromatic heterocycles. The first-order valence-electron chi connectivity index (χ1n) is 6.36. The van der Waals surface area contributed by atoms with Gasteiger partial charge in [0.15, 0.2) is 11.5 Å². The number of methoxy groups -OCH3 is 1. The van der Waals surface area contributed by atoms with Crippen molar-refractivity contribution in [3.05, 3.63) is 46.8 Å². The highest BCUT2D eigenvalue weighted by molar-refractivity contribution is 5.84. The second kappa shape index (κ2) is 5.00. The summed E-state index contributed by atoms with van der Waals surface area (Å²) in [5.74, 6) is -0.848. The Bertz CT molecular complexity index is 939. The third kappa shape index (κ3) is 2.01. The van der Waals surface area contributed by atoms with Crippen LogP contribution in [0, 0.1) is 0 Å². The van der Waals surface area contributed by atoms with Crippen LogP contribution in [0.4, 0.5) is 0 Å². The molecule has 6 nitrogen and oxygen atoms in total. The minimum atomic E-state index is -0.468. The lowest BCUT2D eigenvalue weighted by Crippen LogP contribution is -2.04. The van der Waals surface area contributed by atoms with Gasteiger partial charge in [-0.15, -0.1) is 0 Å². The van der Waals surface area contributed by atoms with Crippen LogP contribution in [0.25, 0.3) is 22.1 Å². The van der Waals surface area contributed by atoms with Gasteiger partial charge in [0.2, 0.25) is 11.2 Å². The summed E-state index contributed by atoms with van der Waals surface area (Å²) in [5, 5.41) is 29.5. The van der Waals surface area contributed by atoms with Crippen molar-refractivity contribution < 1.29 is 28.8 Å². The van der Waals surface area contributed by atoms with Crippen LogP contribution in [0.15, 0.2) is 45.8 Å². The Morgan fingerprint density at radius 1 is 1.05 bits per heavy atom. The van der Waals surface area contributed by atoms with Crippen molar-refractivity contribution in [3.63, 3.8) is 0 Å². The molecule has 3 rings (SSSR count). The van der Waals surface area contributed by atoms with Gasteiger partial charge in [-0.25, -0.2) is 0 Å². The Balaban J connectivity index is 0.00000192. The highest BCUT2D eigenvalue weighted by atomic mass is 16.5. The summed E-state index contributed by atoms with van der Waals surface area (Å²) in [4.78, 5) is 12.5. The van der Waals surface area contributed by atoms with Crippen LogP contribution < -0.4 is 10.2 Å². The number of ether oxygens (including phenoxy) is 1. The number of phenolic OH excluding ortho intramolecular Hbond substituents is 3. The van der Waals surface area contributed by atoms with Crippen molar-refractivity contribution in [2.75, 3.05) is 7.11 Å². The zero-order chi connectivity index (χ0) is 15.9. The van der Waals surface area contributed by atoms with Crippen molar-refractivity contribution in [2.45, 2.75) is 0 Å². The molecule has 0 aliphatic rings. The summed E-state index contributed by atoms with van der Waals surface area (Å²) in [7, 11) is 1.35. The van der Waals surface area contributed by atoms with Gasteiger partial charge in [-0.2, -0.15) is 0 Å². The van der Waals surface area contributed by atoms with Gasteiger partial charge < -0.3 is 24.5 Å². The predicted molar refractivity (Wildman–Crippen MR) is 85.8 cm³/mol. The molecule has 0 radical (unpaired) electrons. The van der Waals surface area contributed by atoms with E-state index < -0.39 is 11.5 Å². The van der Waals surface area contributed by atoms with E-state index in [2.05, 4.69) is 0 Å². The third-order valence-electron chi connectivity index (χ3n) is 3.38. The minimum Gasteiger partial charge on any atom is -0.508 e. The van der Waals surface area contributed by atoms with Gasteiger partial charge in [0, 0.05) is 15.9 Å². The molecule has 0 aliphatic heterocycles. The molecular weight excluding hydrogens is 288 g/mol. The number of hydrogen-bond acceptors (Lipinski definition) is 6. The van der Waals surface area contributed by atoms with Gasteiger partial charge in [-0.05, 0) is 24.3 Å². The van der Waals surface area contributed by atoms with E-state index in [9.17, 15) is 20.1 Å². The summed E-state index contributed by atoms with van der Waals surface area (Å²) >= 11 is 0. The fourth-order valence-corrected chi connectivity index (χ4v) is 2.25. The van der Waals surface area contributed by atoms with Crippen molar-refractivity contribution >= 4 is 11.0 Å². The van der Waals surface area contributed by atoms with E-state index in [1.54, 1.807) is 0 Å². The van der Waals surface area contributed by atoms with Crippen LogP contribution in [-0.2, 0) is 0 Å². The zero-order valence-corrected chi connectivity index (χ0v) is 11.5. The lowest BCUT2D eigenvalue weighted by Gasteiger charge is -2.09. The lowest BCUT2D eigenvalue weighted by molar-refractivity contribution is 0.351. The van der Waals surface area contributed by atoms with E-state index in [0.29, 0.717) is 0 Å². The molecule has 0 unspecified atom stereocenters. The van der Waals surface area contributed by atoms with Gasteiger partial charge in [-0.3, -0.25) is 4.79 Å². The van der Waals surface area contributed by atoms with E-state index in [4.69, 9.17) is 9.15 Å². The van der Waals surface area contributed by atoms with Crippen LogP contribution in [0.3, 0.4) is 0 Å². The largest absolute Gasteiger partial charge is 0.508 e. The minimum absolute atomic E-state index is 0. The first kappa shape index (κ1) is 13.8. The highest BCUT2D eigenvalue weighted by Crippen LogP contribution is 2.42. The molecule has 1 heterocycles. The van der Waals surface area contributed by atoms with Crippen molar-refractivity contribution in [1.29, 1.82) is 0 Å². The molecule has 22 heavy (non-hydrogen) atoms. The van der Waals surface area contributed by atoms with Crippen LogP contribution in [0.2, 0.25) is 0 Å². The molecule has 3 N–H and O–H groups in total. The van der Waals surface area contributed by atoms with Crippen LogP contribution in [0.5, 0.6) is 23.0 Å². The molecule has 0 fully saturated rings. The number of phenols is 3. The molecule has 3 aromatic rings. The van der Waals surface area contributed by atoms with Crippen molar-refractivity contribution in [3.8, 4) is 34.1 Å². The Hall–Kier alpha value is -3.15. The molecule has 0 aliphatic carbocycles. The van der Waals surface area contributed by atoms with Gasteiger partial charge in [0.05, 0.1) is 18.1 Å². The predicted octanol–water partition coefficient (Wildman–Crippen LogP) is 3.32. The third-order valence-corrected chi connectivity index (χ3v) is 3.38. The second-order valence-electron chi connectivity index (χ2n) is 4.67. The molecule has 0 bridgehead atoms. The maximum Gasteiger partial charge on any atom is 0.201 e. The van der Waals surface area contributed by atoms with E-state index in [-0.39, 0.29) is 43.3 Å². The van der Waals surface area contributed by atoms with E-state index in [1.807, 2.05) is 0 Å². The summed E-state index contributed by atoms with van der Waals surface area (Å²) in [6.07, 6.45) is 1.17. The maximum absolute atomic E-state index is 12.5. The van der Waals surface area contributed by atoms with Gasteiger partial charge >= 0.3 is 0 Å². The molecular formula is C16H18O6. The van der Waals surface area contributed by atoms with Crippen molar-refractivity contribution in [1.82, 2.24) is 0 Å². The smallest absolute Gasteiger partial charge is 0.201 e. The first-order valence-corrected chi connectivity index (χ1v) is 6.36. The quantitative estimate of drug-likeness (QED) is 0.628. The molecule has 2 aromatic carbocycles. The summed E-state index contributed by atoms with van der Waals surface area (Å²) in [6.45, 7) is 0. The van der Waals surface area contributed by atoms with E-state index in [1.165, 1.54) is 43.7 Å². The lowest BCUT2D eigenvalue weighted by atomic mass is 10.0. The zero-order valence-electron chi connectivity index (χ0n) is 11.5. The molecule has 0 amide bonds. The average Bonchev–Trinajstić information content (AvgIpc) is 2.51. The van der Waals surface area contributed by atoms with Crippen molar-refractivity contribution in [2.24, 2.45) is 0 Å². The topological polar surface area (TPSA) is 100 Å². The summed E-state index contributed by atoms with van der Waals surface area (Å²) < 4.78 is 10.2. The van der Waals surface area contributed by atoms with Gasteiger partial charge in [0.1, 0.15) is 17.6 Å². The molecule has 0 saturated carbocycles. The molecule has 0 atom stereocenters. The Kier molecular flexibility index (Phi) is 3.14. The maximum atomic E-state index is 12.5. The van der Waals surface area contributed by atoms with E-state index >= 15 is 0 Å². The van der Waals surface area contributed by atoms with Crippen LogP contribution in [-0.4, -0.2) is 22.4 Å². The normalized spacial score (nSPS) is 10.8. The average molecular weight is 306 g/mol. The Morgan fingerprint density at radius 3 is 2.55 bits per heavy atom. The number of benzene rings is 2. The monoisotopic (exact) mass is 306 g/mol. The first-order chi connectivity index (χ1) is 10.5. The Morgan fingerprint density at radius 2 is 1.82 bits per heavy atom. The summed E-state index contributed by atoms with van der Waals surface area (Å²) in [6, 6.07) is 7.01. The SMILES string of the molecule is COc1ccc(-c2coc3cc(O)ccc3c2=O)c(O)c1O.[HH].[HH].[HH]. The van der Waals surface area contributed by atoms with Gasteiger partial charge in [-0.1, -0.05) is 0 Å². The molecule has 6 heteroatoms. The highest BCUT2D eigenvalue weighted by Gasteiger charge is 2.17. The molecule has 118 valence electrons. The standard InChI is InChI=1S/C16H12O6.3H2/c1-21-12-5-4-9(15(19)16(12)20)11-7-22-13-6-8(17)2-3-10(13)14(11)18;;;/h2-7,17,19-20H,1H3;3*1H. The van der Waals surface area contributed by atoms with Gasteiger partial charge in [0.25, 0.3) is 0 Å². The number of aromatic hydroxyl groups is 3. The molecule has 0 spiro atoms. The van der Waals surface area contributed by atoms with Crippen LogP contribution in [0.1, 0.15) is 4.28 Å². The fraction of sp³-hybridized carbons (Fsp3) is 0.0625. The summed E-state index contributed by atoms with van der Waals surface area (Å²) in [5.41, 5.74) is 0.0581. The number of fused-ring (bicyclic) bond motifs is 1. The van der Waals surface area contributed by atoms with Crippen LogP contribution >= 0.6 is 0 Å². The second-order valence-corrected chi connectivity index (χ2v) is 4.67. The number of rotatable bonds is 2. The van der Waals surface area contributed by atoms with E-state index in [0.717, 1.165) is 0 Å². The number of hydrogen-bond donors (Lipinski definition) is 3. The Labute approximate surface area is 128 Å². The fourth-order valence-electron chi connectivity index (χ4n) is 2.25. The molecule has 0 saturated heterocycles.